The van der Waals surface area contributed by atoms with Crippen LogP contribution in [0.25, 0.3) is 0 Å². The van der Waals surface area contributed by atoms with E-state index in [0.29, 0.717) is 11.6 Å². The minimum Gasteiger partial charge on any atom is -0.300 e. The number of rotatable bonds is 9. The summed E-state index contributed by atoms with van der Waals surface area (Å²) < 4.78 is 27.8. The minimum absolute atomic E-state index is 0.118. The molecule has 0 aliphatic heterocycles. The Balaban J connectivity index is 1.68. The van der Waals surface area contributed by atoms with Crippen LogP contribution < -0.4 is 4.72 Å². The first-order valence-corrected chi connectivity index (χ1v) is 11.8. The molecule has 0 fully saturated rings. The summed E-state index contributed by atoms with van der Waals surface area (Å²) in [4.78, 5) is 2.71. The van der Waals surface area contributed by atoms with Gasteiger partial charge in [0.2, 0.25) is 10.0 Å². The molecule has 1 aliphatic carbocycles. The molecular weight excluding hydrogens is 382 g/mol. The lowest BCUT2D eigenvalue weighted by Crippen LogP contribution is -2.37. The van der Waals surface area contributed by atoms with E-state index in [0.717, 1.165) is 44.3 Å². The van der Waals surface area contributed by atoms with Crippen molar-refractivity contribution in [3.05, 3.63) is 64.7 Å². The van der Waals surface area contributed by atoms with Gasteiger partial charge in [-0.2, -0.15) is 5.26 Å². The van der Waals surface area contributed by atoms with Gasteiger partial charge in [-0.05, 0) is 73.7 Å². The van der Waals surface area contributed by atoms with E-state index in [2.05, 4.69) is 35.6 Å². The summed E-state index contributed by atoms with van der Waals surface area (Å²) in [5.41, 5.74) is 4.00. The molecule has 0 amide bonds. The van der Waals surface area contributed by atoms with Gasteiger partial charge in [0.25, 0.3) is 0 Å². The molecule has 5 nitrogen and oxygen atoms in total. The van der Waals surface area contributed by atoms with E-state index in [4.69, 9.17) is 5.26 Å². The quantitative estimate of drug-likeness (QED) is 0.684. The highest BCUT2D eigenvalue weighted by Crippen LogP contribution is 2.27. The number of nitrogens with one attached hydrogen (secondary N) is 1. The van der Waals surface area contributed by atoms with Gasteiger partial charge < -0.3 is 0 Å². The molecule has 0 saturated carbocycles. The molecule has 154 valence electrons. The van der Waals surface area contributed by atoms with Gasteiger partial charge in [0.15, 0.2) is 0 Å². The van der Waals surface area contributed by atoms with Gasteiger partial charge in [0, 0.05) is 12.6 Å². The Kier molecular flexibility index (Phi) is 7.07. The Morgan fingerprint density at radius 1 is 1.07 bits per heavy atom. The summed E-state index contributed by atoms with van der Waals surface area (Å²) in [6.45, 7) is 6.94. The van der Waals surface area contributed by atoms with Gasteiger partial charge in [-0.1, -0.05) is 38.1 Å². The van der Waals surface area contributed by atoms with Crippen LogP contribution in [0.3, 0.4) is 0 Å². The molecule has 2 aromatic rings. The van der Waals surface area contributed by atoms with E-state index in [1.54, 1.807) is 12.1 Å². The maximum atomic E-state index is 12.6. The number of nitriles is 1. The van der Waals surface area contributed by atoms with Gasteiger partial charge >= 0.3 is 0 Å². The summed E-state index contributed by atoms with van der Waals surface area (Å²) in [7, 11) is -3.65. The van der Waals surface area contributed by atoms with Crippen molar-refractivity contribution in [2.24, 2.45) is 0 Å². The van der Waals surface area contributed by atoms with Crippen molar-refractivity contribution in [2.75, 3.05) is 13.1 Å². The highest BCUT2D eigenvalue weighted by atomic mass is 32.2. The maximum Gasteiger partial charge on any atom is 0.240 e. The third kappa shape index (κ3) is 5.24. The van der Waals surface area contributed by atoms with Crippen molar-refractivity contribution in [1.82, 2.24) is 9.62 Å². The molecule has 3 rings (SSSR count). The Labute approximate surface area is 174 Å². The van der Waals surface area contributed by atoms with Crippen molar-refractivity contribution in [1.29, 1.82) is 5.26 Å². The zero-order chi connectivity index (χ0) is 20.9. The van der Waals surface area contributed by atoms with Gasteiger partial charge in [0.05, 0.1) is 16.5 Å². The minimum atomic E-state index is -3.65. The predicted molar refractivity (Wildman–Crippen MR) is 115 cm³/mol. The fourth-order valence-electron chi connectivity index (χ4n) is 4.06. The largest absolute Gasteiger partial charge is 0.300 e. The average molecular weight is 412 g/mol. The standard InChI is InChI=1S/C23H29N3O2S/c1-3-10-26(11-4-2)22-14-20-9-8-19(12-21(20)15-22)17-25-29(27,28)23-7-5-6-18(13-23)16-24/h5-9,12-13,22,25H,3-4,10-11,14-15,17H2,1-2H3/t22-/m1/s1. The summed E-state index contributed by atoms with van der Waals surface area (Å²) in [6.07, 6.45) is 4.42. The van der Waals surface area contributed by atoms with Crippen LogP contribution in [0, 0.1) is 11.3 Å². The lowest BCUT2D eigenvalue weighted by molar-refractivity contribution is 0.202. The van der Waals surface area contributed by atoms with Crippen LogP contribution in [0.5, 0.6) is 0 Å². The van der Waals surface area contributed by atoms with Crippen molar-refractivity contribution in [3.8, 4) is 6.07 Å². The van der Waals surface area contributed by atoms with Crippen LogP contribution in [0.1, 0.15) is 48.9 Å². The van der Waals surface area contributed by atoms with E-state index < -0.39 is 10.0 Å². The van der Waals surface area contributed by atoms with Crippen LogP contribution in [0.2, 0.25) is 0 Å². The second-order valence-corrected chi connectivity index (χ2v) is 9.43. The zero-order valence-corrected chi connectivity index (χ0v) is 18.0. The normalized spacial score (nSPS) is 16.0. The molecule has 1 aliphatic rings. The number of nitrogens with zero attached hydrogens (tertiary/aromatic N) is 2. The Morgan fingerprint density at radius 2 is 1.79 bits per heavy atom. The van der Waals surface area contributed by atoms with Crippen LogP contribution in [0.4, 0.5) is 0 Å². The Hall–Kier alpha value is -2.20. The monoisotopic (exact) mass is 411 g/mol. The van der Waals surface area contributed by atoms with Crippen LogP contribution >= 0.6 is 0 Å². The van der Waals surface area contributed by atoms with Gasteiger partial charge in [-0.3, -0.25) is 4.90 Å². The average Bonchev–Trinajstić information content (AvgIpc) is 3.15. The first-order valence-electron chi connectivity index (χ1n) is 10.3. The highest BCUT2D eigenvalue weighted by Gasteiger charge is 2.26. The van der Waals surface area contributed by atoms with Crippen LogP contribution in [0.15, 0.2) is 47.4 Å². The summed E-state index contributed by atoms with van der Waals surface area (Å²) in [5.74, 6) is 0. The zero-order valence-electron chi connectivity index (χ0n) is 17.2. The first-order chi connectivity index (χ1) is 14.0. The van der Waals surface area contributed by atoms with Gasteiger partial charge in [-0.25, -0.2) is 13.1 Å². The van der Waals surface area contributed by atoms with Gasteiger partial charge in [0.1, 0.15) is 0 Å². The van der Waals surface area contributed by atoms with E-state index in [-0.39, 0.29) is 11.4 Å². The summed E-state index contributed by atoms with van der Waals surface area (Å²) in [5, 5.41) is 8.98. The molecule has 0 bridgehead atoms. The highest BCUT2D eigenvalue weighted by molar-refractivity contribution is 7.89. The second kappa shape index (κ2) is 9.53. The lowest BCUT2D eigenvalue weighted by atomic mass is 10.1. The second-order valence-electron chi connectivity index (χ2n) is 7.67. The molecular formula is C23H29N3O2S. The number of fused-ring (bicyclic) bond motifs is 1. The van der Waals surface area contributed by atoms with E-state index in [9.17, 15) is 8.42 Å². The third-order valence-corrected chi connectivity index (χ3v) is 6.86. The Bertz CT molecular complexity index is 989. The maximum absolute atomic E-state index is 12.6. The van der Waals surface area contributed by atoms with E-state index >= 15 is 0 Å². The van der Waals surface area contributed by atoms with E-state index in [1.807, 2.05) is 12.1 Å². The summed E-state index contributed by atoms with van der Waals surface area (Å²) >= 11 is 0. The van der Waals surface area contributed by atoms with Crippen LogP contribution in [-0.4, -0.2) is 32.4 Å². The molecule has 0 spiro atoms. The van der Waals surface area contributed by atoms with Crippen molar-refractivity contribution in [2.45, 2.75) is 57.0 Å². The smallest absolute Gasteiger partial charge is 0.240 e. The van der Waals surface area contributed by atoms with E-state index in [1.165, 1.54) is 23.3 Å². The molecule has 1 atom stereocenters. The fourth-order valence-corrected chi connectivity index (χ4v) is 5.13. The molecule has 6 heteroatoms. The molecule has 1 N–H and O–H groups in total. The molecule has 0 saturated heterocycles. The number of benzene rings is 2. The lowest BCUT2D eigenvalue weighted by Gasteiger charge is -2.27. The molecule has 0 heterocycles. The fraction of sp³-hybridized carbons (Fsp3) is 0.435. The van der Waals surface area contributed by atoms with Crippen molar-refractivity contribution < 1.29 is 8.42 Å². The van der Waals surface area contributed by atoms with Crippen molar-refractivity contribution >= 4 is 10.0 Å². The molecule has 0 unspecified atom stereocenters. The summed E-state index contributed by atoms with van der Waals surface area (Å²) in [6, 6.07) is 14.9. The Morgan fingerprint density at radius 3 is 2.48 bits per heavy atom. The molecule has 29 heavy (non-hydrogen) atoms. The predicted octanol–water partition coefficient (Wildman–Crippen LogP) is 3.63. The molecule has 0 radical (unpaired) electrons. The first kappa shape index (κ1) is 21.5. The molecule has 0 aromatic heterocycles. The number of hydrogen-bond donors (Lipinski definition) is 1. The molecule has 2 aromatic carbocycles. The van der Waals surface area contributed by atoms with Gasteiger partial charge in [-0.15, -0.1) is 0 Å². The number of sulfonamides is 1. The topological polar surface area (TPSA) is 73.2 Å². The third-order valence-electron chi connectivity index (χ3n) is 5.46. The van der Waals surface area contributed by atoms with Crippen LogP contribution in [-0.2, 0) is 29.4 Å². The SMILES string of the molecule is CCCN(CCC)[C@@H]1Cc2ccc(CNS(=O)(=O)c3cccc(C#N)c3)cc2C1. The van der Waals surface area contributed by atoms with Crippen molar-refractivity contribution in [3.63, 3.8) is 0 Å². The number of hydrogen-bond acceptors (Lipinski definition) is 4.